The van der Waals surface area contributed by atoms with Crippen molar-refractivity contribution in [3.8, 4) is 0 Å². The van der Waals surface area contributed by atoms with Gasteiger partial charge in [0.25, 0.3) is 0 Å². The van der Waals surface area contributed by atoms with Gasteiger partial charge in [-0.25, -0.2) is 4.39 Å². The molecule has 1 unspecified atom stereocenters. The van der Waals surface area contributed by atoms with Gasteiger partial charge < -0.3 is 0 Å². The topological polar surface area (TPSA) is 30.0 Å². The number of carbonyl (C=O) groups excluding carboxylic acids is 1. The van der Waals surface area contributed by atoms with Crippen LogP contribution in [0.1, 0.15) is 43.6 Å². The molecule has 2 aliphatic rings. The van der Waals surface area contributed by atoms with Crippen molar-refractivity contribution < 1.29 is 9.18 Å². The summed E-state index contributed by atoms with van der Waals surface area (Å²) in [5.74, 6) is 2.09. The largest absolute Gasteiger partial charge is 0.281 e. The molecule has 1 aromatic heterocycles. The molecule has 0 aliphatic heterocycles. The van der Waals surface area contributed by atoms with Crippen LogP contribution in [0.25, 0.3) is 10.9 Å². The molecule has 0 radical (unpaired) electrons. The number of hydrogen-bond donors (Lipinski definition) is 0. The van der Waals surface area contributed by atoms with Crippen molar-refractivity contribution in [2.24, 2.45) is 17.8 Å². The molecular formula is C19H19ClFNO. The molecule has 4 heteroatoms. The molecule has 2 fully saturated rings. The summed E-state index contributed by atoms with van der Waals surface area (Å²) < 4.78 is 13.6. The van der Waals surface area contributed by atoms with E-state index in [1.807, 2.05) is 12.3 Å². The van der Waals surface area contributed by atoms with E-state index in [1.54, 1.807) is 12.1 Å². The molecule has 2 aliphatic carbocycles. The number of rotatable bonds is 3. The van der Waals surface area contributed by atoms with Crippen LogP contribution in [0.15, 0.2) is 30.5 Å². The minimum Gasteiger partial charge on any atom is -0.281 e. The predicted octanol–water partition coefficient (Wildman–Crippen LogP) is 5.05. The zero-order chi connectivity index (χ0) is 16.0. The van der Waals surface area contributed by atoms with Gasteiger partial charge in [0.05, 0.1) is 5.52 Å². The van der Waals surface area contributed by atoms with Crippen LogP contribution in [0.3, 0.4) is 0 Å². The minimum atomic E-state index is -0.206. The van der Waals surface area contributed by atoms with Crippen molar-refractivity contribution in [2.75, 3.05) is 0 Å². The Bertz CT molecular complexity index is 748. The molecule has 120 valence electrons. The molecule has 4 atom stereocenters. The Morgan fingerprint density at radius 1 is 1.17 bits per heavy atom. The van der Waals surface area contributed by atoms with Crippen molar-refractivity contribution in [1.82, 2.24) is 4.98 Å². The SMILES string of the molecule is O=C(Cl)C[C@H]1CC2C[C@H](c3ccnc4ccc(F)cc34)C[C@@H]2C1. The highest BCUT2D eigenvalue weighted by Gasteiger charge is 2.42. The Morgan fingerprint density at radius 2 is 1.91 bits per heavy atom. The van der Waals surface area contributed by atoms with Crippen molar-refractivity contribution in [2.45, 2.75) is 38.0 Å². The van der Waals surface area contributed by atoms with Gasteiger partial charge in [0, 0.05) is 18.0 Å². The Labute approximate surface area is 140 Å². The lowest BCUT2D eigenvalue weighted by molar-refractivity contribution is -0.112. The first-order valence-electron chi connectivity index (χ1n) is 8.32. The highest BCUT2D eigenvalue weighted by Crippen LogP contribution is 2.53. The van der Waals surface area contributed by atoms with Crippen LogP contribution in [0.4, 0.5) is 4.39 Å². The molecule has 0 amide bonds. The van der Waals surface area contributed by atoms with E-state index in [9.17, 15) is 9.18 Å². The van der Waals surface area contributed by atoms with E-state index in [2.05, 4.69) is 4.98 Å². The van der Waals surface area contributed by atoms with Gasteiger partial charge in [0.2, 0.25) is 5.24 Å². The van der Waals surface area contributed by atoms with E-state index < -0.39 is 0 Å². The number of aromatic nitrogens is 1. The summed E-state index contributed by atoms with van der Waals surface area (Å²) in [6, 6.07) is 6.89. The van der Waals surface area contributed by atoms with E-state index >= 15 is 0 Å². The Morgan fingerprint density at radius 3 is 2.61 bits per heavy atom. The van der Waals surface area contributed by atoms with Gasteiger partial charge in [-0.2, -0.15) is 0 Å². The van der Waals surface area contributed by atoms with Gasteiger partial charge in [-0.05, 0) is 90.8 Å². The average molecular weight is 332 g/mol. The van der Waals surface area contributed by atoms with Crippen molar-refractivity contribution >= 4 is 27.7 Å². The van der Waals surface area contributed by atoms with Gasteiger partial charge in [-0.15, -0.1) is 0 Å². The summed E-state index contributed by atoms with van der Waals surface area (Å²) in [7, 11) is 0. The number of halogens is 2. The minimum absolute atomic E-state index is 0.203. The first-order valence-corrected chi connectivity index (χ1v) is 8.70. The lowest BCUT2D eigenvalue weighted by Crippen LogP contribution is -2.04. The van der Waals surface area contributed by atoms with Gasteiger partial charge in [0.1, 0.15) is 5.82 Å². The average Bonchev–Trinajstić information content (AvgIpc) is 3.04. The summed E-state index contributed by atoms with van der Waals surface area (Å²) in [6.07, 6.45) is 6.83. The van der Waals surface area contributed by atoms with E-state index in [0.717, 1.165) is 36.6 Å². The maximum absolute atomic E-state index is 13.6. The summed E-state index contributed by atoms with van der Waals surface area (Å²) in [6.45, 7) is 0. The molecule has 0 bridgehead atoms. The molecule has 2 nitrogen and oxygen atoms in total. The maximum atomic E-state index is 13.6. The molecule has 23 heavy (non-hydrogen) atoms. The molecular weight excluding hydrogens is 313 g/mol. The van der Waals surface area contributed by atoms with Crippen LogP contribution in [-0.2, 0) is 4.79 Å². The van der Waals surface area contributed by atoms with Crippen molar-refractivity contribution in [3.05, 3.63) is 41.8 Å². The molecule has 2 aromatic rings. The van der Waals surface area contributed by atoms with Gasteiger partial charge in [0.15, 0.2) is 0 Å². The number of carbonyl (C=O) groups is 1. The fourth-order valence-electron chi connectivity index (χ4n) is 4.89. The highest BCUT2D eigenvalue weighted by molar-refractivity contribution is 6.63. The predicted molar refractivity (Wildman–Crippen MR) is 88.9 cm³/mol. The Hall–Kier alpha value is -1.48. The second-order valence-corrected chi connectivity index (χ2v) is 7.57. The molecule has 4 rings (SSSR count). The maximum Gasteiger partial charge on any atom is 0.221 e. The number of pyridine rings is 1. The summed E-state index contributed by atoms with van der Waals surface area (Å²) in [5.41, 5.74) is 2.10. The Balaban J connectivity index is 1.56. The summed E-state index contributed by atoms with van der Waals surface area (Å²) >= 11 is 5.54. The molecule has 1 aromatic carbocycles. The fraction of sp³-hybridized carbons (Fsp3) is 0.474. The number of benzene rings is 1. The third-order valence-corrected chi connectivity index (χ3v) is 5.89. The lowest BCUT2D eigenvalue weighted by atomic mass is 9.90. The van der Waals surface area contributed by atoms with Gasteiger partial charge in [-0.3, -0.25) is 9.78 Å². The molecule has 1 heterocycles. The highest BCUT2D eigenvalue weighted by atomic mass is 35.5. The number of fused-ring (bicyclic) bond motifs is 2. The fourth-order valence-corrected chi connectivity index (χ4v) is 5.10. The van der Waals surface area contributed by atoms with Gasteiger partial charge >= 0.3 is 0 Å². The second kappa shape index (κ2) is 5.86. The first-order chi connectivity index (χ1) is 11.1. The van der Waals surface area contributed by atoms with Crippen LogP contribution in [-0.4, -0.2) is 10.2 Å². The van der Waals surface area contributed by atoms with Crippen LogP contribution >= 0.6 is 11.6 Å². The summed E-state index contributed by atoms with van der Waals surface area (Å²) in [4.78, 5) is 15.5. The smallest absolute Gasteiger partial charge is 0.221 e. The Kier molecular flexibility index (Phi) is 3.84. The normalized spacial score (nSPS) is 29.8. The monoisotopic (exact) mass is 331 g/mol. The lowest BCUT2D eigenvalue weighted by Gasteiger charge is -2.16. The number of hydrogen-bond acceptors (Lipinski definition) is 2. The zero-order valence-electron chi connectivity index (χ0n) is 12.8. The van der Waals surface area contributed by atoms with E-state index in [4.69, 9.17) is 11.6 Å². The van der Waals surface area contributed by atoms with E-state index in [0.29, 0.717) is 30.1 Å². The van der Waals surface area contributed by atoms with Crippen LogP contribution in [0.5, 0.6) is 0 Å². The first kappa shape index (κ1) is 15.1. The standard InChI is InChI=1S/C19H19ClFNO/c20-19(23)7-11-5-12-8-14(9-13(12)6-11)16-3-4-22-18-2-1-15(21)10-17(16)18/h1-4,10-14H,5-9H2/t11-,12+,13?,14-/m1/s1. The zero-order valence-corrected chi connectivity index (χ0v) is 13.6. The quantitative estimate of drug-likeness (QED) is 0.737. The van der Waals surface area contributed by atoms with Crippen molar-refractivity contribution in [3.63, 3.8) is 0 Å². The third-order valence-electron chi connectivity index (χ3n) is 5.74. The van der Waals surface area contributed by atoms with Crippen LogP contribution in [0, 0.1) is 23.6 Å². The molecule has 0 saturated heterocycles. The molecule has 2 saturated carbocycles. The molecule has 0 spiro atoms. The van der Waals surface area contributed by atoms with Crippen LogP contribution in [0.2, 0.25) is 0 Å². The number of nitrogens with zero attached hydrogens (tertiary/aromatic N) is 1. The third kappa shape index (κ3) is 2.87. The van der Waals surface area contributed by atoms with E-state index in [1.165, 1.54) is 11.6 Å². The second-order valence-electron chi connectivity index (χ2n) is 7.15. The van der Waals surface area contributed by atoms with Crippen molar-refractivity contribution in [1.29, 1.82) is 0 Å². The summed E-state index contributed by atoms with van der Waals surface area (Å²) in [5, 5.41) is 0.743. The van der Waals surface area contributed by atoms with Crippen LogP contribution < -0.4 is 0 Å². The molecule has 0 N–H and O–H groups in total. The van der Waals surface area contributed by atoms with E-state index in [-0.39, 0.29) is 11.1 Å². The van der Waals surface area contributed by atoms with Gasteiger partial charge in [-0.1, -0.05) is 0 Å².